The number of hydrogen-bond donors (Lipinski definition) is 2. The van der Waals surface area contributed by atoms with Gasteiger partial charge in [-0.3, -0.25) is 4.79 Å². The van der Waals surface area contributed by atoms with Gasteiger partial charge in [0.2, 0.25) is 5.91 Å². The van der Waals surface area contributed by atoms with E-state index >= 15 is 0 Å². The number of nitrogens with one attached hydrogen (secondary N) is 1. The minimum absolute atomic E-state index is 0.0360. The number of carbonyl (C=O) groups excluding carboxylic acids is 1. The van der Waals surface area contributed by atoms with E-state index in [1.54, 1.807) is 0 Å². The second-order valence-corrected chi connectivity index (χ2v) is 4.59. The predicted octanol–water partition coefficient (Wildman–Crippen LogP) is 2.48. The van der Waals surface area contributed by atoms with Crippen LogP contribution >= 0.6 is 0 Å². The molecule has 1 unspecified atom stereocenters. The van der Waals surface area contributed by atoms with Crippen molar-refractivity contribution in [1.82, 2.24) is 0 Å². The van der Waals surface area contributed by atoms with Crippen LogP contribution < -0.4 is 11.1 Å². The maximum absolute atomic E-state index is 11.7. The lowest BCUT2D eigenvalue weighted by molar-refractivity contribution is -0.116. The topological polar surface area (TPSA) is 55.1 Å². The van der Waals surface area contributed by atoms with Crippen molar-refractivity contribution in [2.75, 3.05) is 11.9 Å². The molecule has 0 bridgehead atoms. The van der Waals surface area contributed by atoms with Gasteiger partial charge < -0.3 is 11.1 Å². The second-order valence-electron chi connectivity index (χ2n) is 4.59. The van der Waals surface area contributed by atoms with Gasteiger partial charge in [0.1, 0.15) is 0 Å². The Bertz CT molecular complexity index is 388. The summed E-state index contributed by atoms with van der Waals surface area (Å²) < 4.78 is 0. The summed E-state index contributed by atoms with van der Waals surface area (Å²) in [7, 11) is 0. The van der Waals surface area contributed by atoms with E-state index in [0.717, 1.165) is 12.1 Å². The first-order valence-corrected chi connectivity index (χ1v) is 6.16. The molecule has 1 amide bonds. The Balaban J connectivity index is 2.65. The van der Waals surface area contributed by atoms with Gasteiger partial charge in [-0.1, -0.05) is 19.9 Å². The maximum atomic E-state index is 11.7. The summed E-state index contributed by atoms with van der Waals surface area (Å²) in [5.41, 5.74) is 8.91. The van der Waals surface area contributed by atoms with E-state index in [2.05, 4.69) is 19.2 Å². The molecule has 1 aromatic carbocycles. The molecule has 94 valence electrons. The quantitative estimate of drug-likeness (QED) is 0.822. The number of rotatable bonds is 5. The summed E-state index contributed by atoms with van der Waals surface area (Å²) in [4.78, 5) is 11.7. The molecule has 0 aliphatic heterocycles. The van der Waals surface area contributed by atoms with E-state index in [9.17, 15) is 4.79 Å². The number of carbonyl (C=O) groups is 1. The van der Waals surface area contributed by atoms with Gasteiger partial charge in [0.05, 0.1) is 0 Å². The zero-order valence-corrected chi connectivity index (χ0v) is 10.9. The van der Waals surface area contributed by atoms with Crippen molar-refractivity contribution in [2.45, 2.75) is 33.6 Å². The highest BCUT2D eigenvalue weighted by Gasteiger charge is 2.08. The summed E-state index contributed by atoms with van der Waals surface area (Å²) in [6.45, 7) is 6.72. The second kappa shape index (κ2) is 6.40. The number of amides is 1. The third-order valence-electron chi connectivity index (χ3n) is 2.95. The van der Waals surface area contributed by atoms with Crippen LogP contribution in [-0.4, -0.2) is 12.5 Å². The van der Waals surface area contributed by atoms with Gasteiger partial charge in [0.25, 0.3) is 0 Å². The number of nitrogens with two attached hydrogens (primary N) is 1. The van der Waals surface area contributed by atoms with Gasteiger partial charge in [-0.25, -0.2) is 0 Å². The van der Waals surface area contributed by atoms with Gasteiger partial charge >= 0.3 is 0 Å². The molecule has 1 atom stereocenters. The van der Waals surface area contributed by atoms with Gasteiger partial charge in [-0.05, 0) is 49.1 Å². The molecule has 1 rings (SSSR count). The van der Waals surface area contributed by atoms with Gasteiger partial charge in [-0.15, -0.1) is 0 Å². The monoisotopic (exact) mass is 234 g/mol. The van der Waals surface area contributed by atoms with Crippen molar-refractivity contribution < 1.29 is 4.79 Å². The van der Waals surface area contributed by atoms with E-state index in [-0.39, 0.29) is 11.8 Å². The van der Waals surface area contributed by atoms with Crippen molar-refractivity contribution in [2.24, 2.45) is 11.7 Å². The molecule has 0 saturated carbocycles. The van der Waals surface area contributed by atoms with Crippen LogP contribution in [0.5, 0.6) is 0 Å². The molecule has 0 spiro atoms. The van der Waals surface area contributed by atoms with Crippen molar-refractivity contribution in [3.05, 3.63) is 29.3 Å². The average molecular weight is 234 g/mol. The Morgan fingerprint density at radius 2 is 2.18 bits per heavy atom. The minimum atomic E-state index is 0.0360. The third kappa shape index (κ3) is 4.19. The van der Waals surface area contributed by atoms with Crippen LogP contribution in [0.4, 0.5) is 5.69 Å². The van der Waals surface area contributed by atoms with E-state index in [1.807, 2.05) is 25.1 Å². The van der Waals surface area contributed by atoms with E-state index < -0.39 is 0 Å². The average Bonchev–Trinajstić information content (AvgIpc) is 2.31. The largest absolute Gasteiger partial charge is 0.330 e. The van der Waals surface area contributed by atoms with Crippen LogP contribution in [0.3, 0.4) is 0 Å². The van der Waals surface area contributed by atoms with E-state index in [4.69, 9.17) is 5.73 Å². The smallest absolute Gasteiger partial charge is 0.224 e. The fourth-order valence-electron chi connectivity index (χ4n) is 1.74. The zero-order valence-electron chi connectivity index (χ0n) is 10.9. The van der Waals surface area contributed by atoms with Crippen molar-refractivity contribution in [1.29, 1.82) is 0 Å². The number of anilines is 1. The minimum Gasteiger partial charge on any atom is -0.330 e. The molecule has 0 saturated heterocycles. The van der Waals surface area contributed by atoms with E-state index in [1.165, 1.54) is 11.1 Å². The molecule has 0 heterocycles. The lowest BCUT2D eigenvalue weighted by Gasteiger charge is -2.11. The molecule has 0 radical (unpaired) electrons. The summed E-state index contributed by atoms with van der Waals surface area (Å²) >= 11 is 0. The van der Waals surface area contributed by atoms with Gasteiger partial charge in [0.15, 0.2) is 0 Å². The molecular formula is C14H22N2O. The molecule has 3 nitrogen and oxygen atoms in total. The molecule has 0 aliphatic rings. The maximum Gasteiger partial charge on any atom is 0.224 e. The Morgan fingerprint density at radius 1 is 1.47 bits per heavy atom. The molecule has 0 aromatic heterocycles. The number of aryl methyl sites for hydroxylation is 2. The van der Waals surface area contributed by atoms with Gasteiger partial charge in [0, 0.05) is 12.1 Å². The Kier molecular flexibility index (Phi) is 5.16. The summed E-state index contributed by atoms with van der Waals surface area (Å²) in [5.74, 6) is 0.264. The Hall–Kier alpha value is -1.35. The summed E-state index contributed by atoms with van der Waals surface area (Å²) in [6.07, 6.45) is 1.46. The highest BCUT2D eigenvalue weighted by molar-refractivity contribution is 5.90. The van der Waals surface area contributed by atoms with Crippen LogP contribution in [0.25, 0.3) is 0 Å². The molecular weight excluding hydrogens is 212 g/mol. The van der Waals surface area contributed by atoms with Crippen LogP contribution in [0.1, 0.15) is 31.4 Å². The number of hydrogen-bond acceptors (Lipinski definition) is 2. The van der Waals surface area contributed by atoms with Crippen LogP contribution in [0, 0.1) is 12.8 Å². The van der Waals surface area contributed by atoms with Crippen molar-refractivity contribution in [3.8, 4) is 0 Å². The number of benzene rings is 1. The van der Waals surface area contributed by atoms with Gasteiger partial charge in [-0.2, -0.15) is 0 Å². The molecule has 3 heteroatoms. The first-order chi connectivity index (χ1) is 8.06. The molecule has 0 aliphatic carbocycles. The molecule has 3 N–H and O–H groups in total. The lowest BCUT2D eigenvalue weighted by Crippen LogP contribution is -2.20. The van der Waals surface area contributed by atoms with Crippen molar-refractivity contribution >= 4 is 11.6 Å². The predicted molar refractivity (Wildman–Crippen MR) is 72.0 cm³/mol. The fourth-order valence-corrected chi connectivity index (χ4v) is 1.74. The SMILES string of the molecule is CCc1cc(NC(=O)CC(C)CN)ccc1C. The lowest BCUT2D eigenvalue weighted by atomic mass is 10.1. The molecule has 1 aromatic rings. The summed E-state index contributed by atoms with van der Waals surface area (Å²) in [5, 5.41) is 2.91. The summed E-state index contributed by atoms with van der Waals surface area (Å²) in [6, 6.07) is 6.03. The van der Waals surface area contributed by atoms with Crippen LogP contribution in [-0.2, 0) is 11.2 Å². The molecule has 0 fully saturated rings. The Labute approximate surface area is 103 Å². The standard InChI is InChI=1S/C14H22N2O/c1-4-12-8-13(6-5-11(12)3)16-14(17)7-10(2)9-15/h5-6,8,10H,4,7,9,15H2,1-3H3,(H,16,17). The van der Waals surface area contributed by atoms with Crippen LogP contribution in [0.2, 0.25) is 0 Å². The van der Waals surface area contributed by atoms with E-state index in [0.29, 0.717) is 13.0 Å². The zero-order chi connectivity index (χ0) is 12.8. The third-order valence-corrected chi connectivity index (χ3v) is 2.95. The first-order valence-electron chi connectivity index (χ1n) is 6.16. The molecule has 17 heavy (non-hydrogen) atoms. The first kappa shape index (κ1) is 13.7. The Morgan fingerprint density at radius 3 is 2.76 bits per heavy atom. The van der Waals surface area contributed by atoms with Crippen LogP contribution in [0.15, 0.2) is 18.2 Å². The highest BCUT2D eigenvalue weighted by Crippen LogP contribution is 2.16. The normalized spacial score (nSPS) is 12.2. The fraction of sp³-hybridized carbons (Fsp3) is 0.500. The highest BCUT2D eigenvalue weighted by atomic mass is 16.1. The van der Waals surface area contributed by atoms with Crippen molar-refractivity contribution in [3.63, 3.8) is 0 Å².